The molecule has 1 aromatic rings. The van der Waals surface area contributed by atoms with E-state index in [1.165, 1.54) is 19.4 Å². The third-order valence-electron chi connectivity index (χ3n) is 5.31. The zero-order valence-electron chi connectivity index (χ0n) is 12.9. The maximum atomic E-state index is 12.5. The van der Waals surface area contributed by atoms with E-state index in [-0.39, 0.29) is 6.03 Å². The number of carbonyl (C=O) groups excluding carboxylic acids is 1. The molecule has 0 spiro atoms. The highest BCUT2D eigenvalue weighted by Gasteiger charge is 2.45. The van der Waals surface area contributed by atoms with E-state index in [1.54, 1.807) is 12.4 Å². The number of nitrogens with zero attached hydrogens (tertiary/aromatic N) is 3. The van der Waals surface area contributed by atoms with E-state index in [1.807, 2.05) is 12.1 Å². The lowest BCUT2D eigenvalue weighted by Gasteiger charge is -2.25. The maximum absolute atomic E-state index is 12.5. The fourth-order valence-electron chi connectivity index (χ4n) is 3.97. The molecule has 0 bridgehead atoms. The molecule has 1 aromatic heterocycles. The van der Waals surface area contributed by atoms with Crippen LogP contribution in [0.2, 0.25) is 0 Å². The molecule has 1 saturated carbocycles. The Bertz CT molecular complexity index is 531. The number of amides is 2. The van der Waals surface area contributed by atoms with Gasteiger partial charge in [-0.05, 0) is 43.2 Å². The minimum atomic E-state index is 0.0876. The molecule has 118 valence electrons. The summed E-state index contributed by atoms with van der Waals surface area (Å²) in [6, 6.07) is 5.01. The van der Waals surface area contributed by atoms with E-state index in [0.717, 1.165) is 37.4 Å². The fourth-order valence-corrected chi connectivity index (χ4v) is 3.97. The Hall–Kier alpha value is -1.62. The number of aromatic nitrogens is 1. The van der Waals surface area contributed by atoms with E-state index >= 15 is 0 Å². The summed E-state index contributed by atoms with van der Waals surface area (Å²) >= 11 is 0. The van der Waals surface area contributed by atoms with Crippen molar-refractivity contribution >= 4 is 6.03 Å². The van der Waals surface area contributed by atoms with Crippen LogP contribution in [0, 0.1) is 5.92 Å². The number of hydrogen-bond donors (Lipinski definition) is 1. The van der Waals surface area contributed by atoms with Gasteiger partial charge < -0.3 is 10.2 Å². The average molecular weight is 300 g/mol. The Morgan fingerprint density at radius 2 is 2.09 bits per heavy atom. The highest BCUT2D eigenvalue weighted by molar-refractivity contribution is 5.75. The molecule has 4 rings (SSSR count). The molecular formula is C17H24N4O. The summed E-state index contributed by atoms with van der Waals surface area (Å²) in [5, 5.41) is 3.05. The molecule has 1 N–H and O–H groups in total. The molecular weight excluding hydrogens is 276 g/mol. The predicted octanol–water partition coefficient (Wildman–Crippen LogP) is 1.85. The van der Waals surface area contributed by atoms with E-state index in [0.29, 0.717) is 18.6 Å². The average Bonchev–Trinajstić information content (AvgIpc) is 3.12. The van der Waals surface area contributed by atoms with Gasteiger partial charge in [0.05, 0.1) is 6.04 Å². The summed E-state index contributed by atoms with van der Waals surface area (Å²) < 4.78 is 0. The third-order valence-corrected chi connectivity index (χ3v) is 5.31. The van der Waals surface area contributed by atoms with E-state index in [4.69, 9.17) is 0 Å². The lowest BCUT2D eigenvalue weighted by Crippen LogP contribution is -2.44. The Kier molecular flexibility index (Phi) is 3.74. The number of hydrogen-bond acceptors (Lipinski definition) is 3. The molecule has 1 aliphatic carbocycles. The molecule has 2 amide bonds. The van der Waals surface area contributed by atoms with Gasteiger partial charge in [0.25, 0.3) is 0 Å². The summed E-state index contributed by atoms with van der Waals surface area (Å²) in [5.74, 6) is 0.937. The van der Waals surface area contributed by atoms with Crippen LogP contribution >= 0.6 is 0 Å². The maximum Gasteiger partial charge on any atom is 0.317 e. The number of pyridine rings is 1. The van der Waals surface area contributed by atoms with Crippen molar-refractivity contribution in [3.05, 3.63) is 30.1 Å². The number of carbonyl (C=O) groups is 1. The second-order valence-electron chi connectivity index (χ2n) is 6.86. The summed E-state index contributed by atoms with van der Waals surface area (Å²) in [6.45, 7) is 3.88. The van der Waals surface area contributed by atoms with Gasteiger partial charge in [-0.25, -0.2) is 4.79 Å². The number of nitrogens with one attached hydrogen (secondary N) is 1. The van der Waals surface area contributed by atoms with Crippen molar-refractivity contribution in [1.29, 1.82) is 0 Å². The van der Waals surface area contributed by atoms with Crippen molar-refractivity contribution in [2.45, 2.75) is 44.3 Å². The van der Waals surface area contributed by atoms with Crippen LogP contribution in [0.4, 0.5) is 4.79 Å². The minimum absolute atomic E-state index is 0.0876. The molecule has 2 aliphatic heterocycles. The summed E-state index contributed by atoms with van der Waals surface area (Å²) in [7, 11) is 0. The molecule has 22 heavy (non-hydrogen) atoms. The van der Waals surface area contributed by atoms with Crippen LogP contribution in [0.3, 0.4) is 0 Å². The van der Waals surface area contributed by atoms with Gasteiger partial charge in [0.15, 0.2) is 0 Å². The molecule has 0 aromatic carbocycles. The van der Waals surface area contributed by atoms with Gasteiger partial charge in [-0.2, -0.15) is 0 Å². The highest BCUT2D eigenvalue weighted by atomic mass is 16.2. The molecule has 2 atom stereocenters. The fraction of sp³-hybridized carbons (Fsp3) is 0.647. The van der Waals surface area contributed by atoms with Crippen LogP contribution in [-0.2, 0) is 6.54 Å². The van der Waals surface area contributed by atoms with Crippen molar-refractivity contribution in [1.82, 2.24) is 20.1 Å². The lowest BCUT2D eigenvalue weighted by atomic mass is 10.1. The highest BCUT2D eigenvalue weighted by Crippen LogP contribution is 2.36. The first-order valence-electron chi connectivity index (χ1n) is 8.48. The van der Waals surface area contributed by atoms with Crippen molar-refractivity contribution in [3.63, 3.8) is 0 Å². The van der Waals surface area contributed by atoms with Crippen molar-refractivity contribution in [2.24, 2.45) is 5.92 Å². The molecule has 5 heteroatoms. The Labute approximate surface area is 131 Å². The number of urea groups is 1. The molecule has 3 heterocycles. The molecule has 0 radical (unpaired) electrons. The number of fused-ring (bicyclic) bond motifs is 1. The van der Waals surface area contributed by atoms with Crippen LogP contribution in [0.15, 0.2) is 24.5 Å². The van der Waals surface area contributed by atoms with Gasteiger partial charge in [-0.15, -0.1) is 0 Å². The van der Waals surface area contributed by atoms with Crippen LogP contribution < -0.4 is 5.32 Å². The van der Waals surface area contributed by atoms with Crippen molar-refractivity contribution in [3.8, 4) is 0 Å². The third kappa shape index (κ3) is 2.82. The number of rotatable bonds is 4. The van der Waals surface area contributed by atoms with E-state index < -0.39 is 0 Å². The monoisotopic (exact) mass is 300 g/mol. The topological polar surface area (TPSA) is 48.5 Å². The van der Waals surface area contributed by atoms with Crippen LogP contribution in [0.5, 0.6) is 0 Å². The Morgan fingerprint density at radius 3 is 2.86 bits per heavy atom. The minimum Gasteiger partial charge on any atom is -0.334 e. The van der Waals surface area contributed by atoms with Crippen LogP contribution in [0.25, 0.3) is 0 Å². The first-order chi connectivity index (χ1) is 10.8. The SMILES string of the molecule is O=C(NCc1cccnc1)N1CC[C@H]2[C@H]1CCN2CC1CC1. The van der Waals surface area contributed by atoms with Gasteiger partial charge >= 0.3 is 6.03 Å². The molecule has 2 saturated heterocycles. The van der Waals surface area contributed by atoms with E-state index in [2.05, 4.69) is 20.1 Å². The lowest BCUT2D eigenvalue weighted by molar-refractivity contribution is 0.187. The largest absolute Gasteiger partial charge is 0.334 e. The standard InChI is InChI=1S/C17H24N4O/c22-17(19-11-14-2-1-7-18-10-14)21-9-6-15-16(21)5-8-20(15)12-13-3-4-13/h1-2,7,10,13,15-16H,3-6,8-9,11-12H2,(H,19,22)/t15-,16+/m0/s1. The summed E-state index contributed by atoms with van der Waals surface area (Å²) in [5.41, 5.74) is 1.05. The molecule has 0 unspecified atom stereocenters. The van der Waals surface area contributed by atoms with Gasteiger partial charge in [-0.1, -0.05) is 6.07 Å². The summed E-state index contributed by atoms with van der Waals surface area (Å²) in [6.07, 6.45) is 8.64. The second-order valence-corrected chi connectivity index (χ2v) is 6.86. The second kappa shape index (κ2) is 5.88. The van der Waals surface area contributed by atoms with Gasteiger partial charge in [0, 0.05) is 44.6 Å². The van der Waals surface area contributed by atoms with Gasteiger partial charge in [-0.3, -0.25) is 9.88 Å². The first kappa shape index (κ1) is 14.0. The zero-order chi connectivity index (χ0) is 14.9. The smallest absolute Gasteiger partial charge is 0.317 e. The quantitative estimate of drug-likeness (QED) is 0.923. The van der Waals surface area contributed by atoms with Crippen molar-refractivity contribution in [2.75, 3.05) is 19.6 Å². The van der Waals surface area contributed by atoms with Crippen LogP contribution in [0.1, 0.15) is 31.2 Å². The number of likely N-dealkylation sites (tertiary alicyclic amines) is 2. The molecule has 3 aliphatic rings. The van der Waals surface area contributed by atoms with Crippen LogP contribution in [-0.4, -0.2) is 52.5 Å². The zero-order valence-corrected chi connectivity index (χ0v) is 12.9. The predicted molar refractivity (Wildman–Crippen MR) is 84.3 cm³/mol. The van der Waals surface area contributed by atoms with Gasteiger partial charge in [0.1, 0.15) is 0 Å². The first-order valence-corrected chi connectivity index (χ1v) is 8.48. The van der Waals surface area contributed by atoms with Crippen molar-refractivity contribution < 1.29 is 4.79 Å². The molecule has 5 nitrogen and oxygen atoms in total. The Balaban J connectivity index is 1.32. The van der Waals surface area contributed by atoms with Gasteiger partial charge in [0.2, 0.25) is 0 Å². The normalized spacial score (nSPS) is 27.9. The van der Waals surface area contributed by atoms with E-state index in [9.17, 15) is 4.79 Å². The Morgan fingerprint density at radius 1 is 1.23 bits per heavy atom. The molecule has 3 fully saturated rings. The summed E-state index contributed by atoms with van der Waals surface area (Å²) in [4.78, 5) is 21.3.